The minimum atomic E-state index is -3.92. The van der Waals surface area contributed by atoms with Gasteiger partial charge in [0, 0.05) is 19.2 Å². The van der Waals surface area contributed by atoms with Crippen LogP contribution in [0.4, 0.5) is 11.4 Å². The van der Waals surface area contributed by atoms with Crippen molar-refractivity contribution in [2.24, 2.45) is 0 Å². The normalized spacial score (nSPS) is 11.6. The van der Waals surface area contributed by atoms with Gasteiger partial charge in [0.1, 0.15) is 0 Å². The van der Waals surface area contributed by atoms with Gasteiger partial charge in [-0.05, 0) is 29.0 Å². The lowest BCUT2D eigenvalue weighted by atomic mass is 10.1. The Hall–Kier alpha value is -3.01. The number of benzene rings is 3. The Kier molecular flexibility index (Phi) is 5.83. The maximum Gasteiger partial charge on any atom is 0.271 e. The molecule has 29 heavy (non-hydrogen) atoms. The highest BCUT2D eigenvalue weighted by Gasteiger charge is 2.24. The van der Waals surface area contributed by atoms with E-state index in [-0.39, 0.29) is 21.3 Å². The number of hydrogen-bond donors (Lipinski definition) is 1. The zero-order chi connectivity index (χ0) is 21.2. The number of hydrogen-bond acceptors (Lipinski definition) is 5. The Morgan fingerprint density at radius 2 is 1.79 bits per heavy atom. The fourth-order valence-corrected chi connectivity index (χ4v) is 4.04. The summed E-state index contributed by atoms with van der Waals surface area (Å²) in [5.41, 5.74) is -0.218. The van der Waals surface area contributed by atoms with Gasteiger partial charge in [-0.1, -0.05) is 41.9 Å². The smallest absolute Gasteiger partial charge is 0.271 e. The molecule has 1 N–H and O–H groups in total. The lowest BCUT2D eigenvalue weighted by molar-refractivity contribution is -0.384. The van der Waals surface area contributed by atoms with E-state index in [0.29, 0.717) is 0 Å². The lowest BCUT2D eigenvalue weighted by Crippen LogP contribution is -2.35. The molecule has 0 radical (unpaired) electrons. The molecule has 8 nitrogen and oxygen atoms in total. The molecule has 1 amide bonds. The Morgan fingerprint density at radius 1 is 1.10 bits per heavy atom. The number of non-ortho nitro benzene ring substituents is 1. The van der Waals surface area contributed by atoms with E-state index < -0.39 is 27.4 Å². The molecule has 0 aliphatic carbocycles. The number of fused-ring (bicyclic) bond motifs is 1. The number of carbonyl (C=O) groups excluding carboxylic acids is 1. The van der Waals surface area contributed by atoms with E-state index in [2.05, 4.69) is 5.32 Å². The average Bonchev–Trinajstić information content (AvgIpc) is 2.68. The van der Waals surface area contributed by atoms with Gasteiger partial charge in [0.15, 0.2) is 0 Å². The van der Waals surface area contributed by atoms with Crippen molar-refractivity contribution >= 4 is 49.7 Å². The molecule has 0 aliphatic heterocycles. The number of nitro groups is 1. The second-order valence-electron chi connectivity index (χ2n) is 6.24. The molecule has 0 unspecified atom stereocenters. The molecule has 3 aromatic rings. The molecule has 0 saturated heterocycles. The third-order valence-corrected chi connectivity index (χ3v) is 6.36. The van der Waals surface area contributed by atoms with Crippen molar-refractivity contribution < 1.29 is 18.1 Å². The number of halogens is 1. The molecule has 0 heterocycles. The number of sulfonamides is 1. The largest absolute Gasteiger partial charge is 0.323 e. The van der Waals surface area contributed by atoms with Gasteiger partial charge in [0.05, 0.1) is 27.1 Å². The quantitative estimate of drug-likeness (QED) is 0.471. The van der Waals surface area contributed by atoms with Crippen molar-refractivity contribution in [3.8, 4) is 0 Å². The first kappa shape index (κ1) is 20.7. The molecule has 0 atom stereocenters. The number of nitrogens with one attached hydrogen (secondary N) is 1. The standard InChI is InChI=1S/C19H16ClN3O5S/c1-22(12-19(24)21-18-11-15(23(25)26)7-9-17(18)20)29(27,28)16-8-6-13-4-2-3-5-14(13)10-16/h2-11H,12H2,1H3,(H,21,24). The van der Waals surface area contributed by atoms with Crippen LogP contribution < -0.4 is 5.32 Å². The van der Waals surface area contributed by atoms with Crippen LogP contribution in [0.5, 0.6) is 0 Å². The van der Waals surface area contributed by atoms with E-state index in [1.807, 2.05) is 12.1 Å². The lowest BCUT2D eigenvalue weighted by Gasteiger charge is -2.17. The summed E-state index contributed by atoms with van der Waals surface area (Å²) in [4.78, 5) is 22.6. The summed E-state index contributed by atoms with van der Waals surface area (Å²) in [7, 11) is -2.64. The maximum atomic E-state index is 12.8. The minimum absolute atomic E-state index is 0.0300. The zero-order valence-electron chi connectivity index (χ0n) is 15.2. The van der Waals surface area contributed by atoms with Crippen LogP contribution in [0.3, 0.4) is 0 Å². The predicted molar refractivity (Wildman–Crippen MR) is 110 cm³/mol. The van der Waals surface area contributed by atoms with Gasteiger partial charge in [-0.2, -0.15) is 4.31 Å². The van der Waals surface area contributed by atoms with Crippen LogP contribution in [0.2, 0.25) is 5.02 Å². The topological polar surface area (TPSA) is 110 Å². The summed E-state index contributed by atoms with van der Waals surface area (Å²) in [5, 5.41) is 15.0. The first-order chi connectivity index (χ1) is 13.7. The van der Waals surface area contributed by atoms with Crippen molar-refractivity contribution in [2.45, 2.75) is 4.90 Å². The zero-order valence-corrected chi connectivity index (χ0v) is 16.8. The fourth-order valence-electron chi connectivity index (χ4n) is 2.71. The summed E-state index contributed by atoms with van der Waals surface area (Å²) in [6.07, 6.45) is 0. The number of nitro benzene ring substituents is 1. The third-order valence-electron chi connectivity index (χ3n) is 4.23. The van der Waals surface area contributed by atoms with Crippen molar-refractivity contribution in [3.63, 3.8) is 0 Å². The summed E-state index contributed by atoms with van der Waals surface area (Å²) >= 11 is 5.95. The molecule has 0 aromatic heterocycles. The van der Waals surface area contributed by atoms with Crippen molar-refractivity contribution in [3.05, 3.63) is 75.8 Å². The maximum absolute atomic E-state index is 12.8. The van der Waals surface area contributed by atoms with Crippen LogP contribution in [0, 0.1) is 10.1 Å². The SMILES string of the molecule is CN(CC(=O)Nc1cc([N+](=O)[O-])ccc1Cl)S(=O)(=O)c1ccc2ccccc2c1. The van der Waals surface area contributed by atoms with Gasteiger partial charge in [-0.3, -0.25) is 14.9 Å². The van der Waals surface area contributed by atoms with Crippen molar-refractivity contribution in [1.82, 2.24) is 4.31 Å². The number of anilines is 1. The molecule has 10 heteroatoms. The van der Waals surface area contributed by atoms with E-state index in [0.717, 1.165) is 21.1 Å². The molecule has 0 aliphatic rings. The van der Waals surface area contributed by atoms with E-state index in [4.69, 9.17) is 11.6 Å². The molecule has 3 aromatic carbocycles. The van der Waals surface area contributed by atoms with Crippen LogP contribution in [0.15, 0.2) is 65.6 Å². The molecule has 0 spiro atoms. The second kappa shape index (κ2) is 8.16. The monoisotopic (exact) mass is 433 g/mol. The van der Waals surface area contributed by atoms with Crippen LogP contribution in [0.25, 0.3) is 10.8 Å². The third kappa shape index (κ3) is 4.53. The Balaban J connectivity index is 1.77. The highest BCUT2D eigenvalue weighted by Crippen LogP contribution is 2.27. The second-order valence-corrected chi connectivity index (χ2v) is 8.69. The average molecular weight is 434 g/mol. The Morgan fingerprint density at radius 3 is 2.48 bits per heavy atom. The number of carbonyl (C=O) groups is 1. The van der Waals surface area contributed by atoms with E-state index in [1.165, 1.54) is 31.3 Å². The van der Waals surface area contributed by atoms with Crippen molar-refractivity contribution in [1.29, 1.82) is 0 Å². The number of rotatable bonds is 6. The molecule has 150 valence electrons. The minimum Gasteiger partial charge on any atom is -0.323 e. The molecular weight excluding hydrogens is 418 g/mol. The van der Waals surface area contributed by atoms with Gasteiger partial charge in [-0.25, -0.2) is 8.42 Å². The molecule has 0 bridgehead atoms. The van der Waals surface area contributed by atoms with Crippen LogP contribution in [-0.2, 0) is 14.8 Å². The number of likely N-dealkylation sites (N-methyl/N-ethyl adjacent to an activating group) is 1. The molecule has 0 saturated carbocycles. The van der Waals surface area contributed by atoms with Gasteiger partial charge >= 0.3 is 0 Å². The van der Waals surface area contributed by atoms with E-state index in [1.54, 1.807) is 18.2 Å². The van der Waals surface area contributed by atoms with Gasteiger partial charge in [0.25, 0.3) is 5.69 Å². The van der Waals surface area contributed by atoms with Crippen LogP contribution >= 0.6 is 11.6 Å². The summed E-state index contributed by atoms with van der Waals surface area (Å²) in [6.45, 7) is -0.492. The van der Waals surface area contributed by atoms with E-state index in [9.17, 15) is 23.3 Å². The first-order valence-electron chi connectivity index (χ1n) is 8.37. The molecule has 0 fully saturated rings. The highest BCUT2D eigenvalue weighted by molar-refractivity contribution is 7.89. The van der Waals surface area contributed by atoms with Crippen LogP contribution in [0.1, 0.15) is 0 Å². The highest BCUT2D eigenvalue weighted by atomic mass is 35.5. The summed E-state index contributed by atoms with van der Waals surface area (Å²) in [6, 6.07) is 15.6. The predicted octanol–water partition coefficient (Wildman–Crippen LogP) is 3.66. The van der Waals surface area contributed by atoms with Crippen LogP contribution in [-0.4, -0.2) is 37.1 Å². The Labute approximate surface area is 171 Å². The molecular formula is C19H16ClN3O5S. The number of amides is 1. The van der Waals surface area contributed by atoms with Gasteiger partial charge in [0.2, 0.25) is 15.9 Å². The van der Waals surface area contributed by atoms with Crippen molar-refractivity contribution in [2.75, 3.05) is 18.9 Å². The fraction of sp³-hybridized carbons (Fsp3) is 0.105. The number of nitrogens with zero attached hydrogens (tertiary/aromatic N) is 2. The van der Waals surface area contributed by atoms with Gasteiger partial charge < -0.3 is 5.32 Å². The summed E-state index contributed by atoms with van der Waals surface area (Å²) in [5.74, 6) is -0.681. The first-order valence-corrected chi connectivity index (χ1v) is 10.2. The Bertz CT molecular complexity index is 1210. The van der Waals surface area contributed by atoms with E-state index >= 15 is 0 Å². The van der Waals surface area contributed by atoms with Gasteiger partial charge in [-0.15, -0.1) is 0 Å². The summed E-state index contributed by atoms with van der Waals surface area (Å²) < 4.78 is 26.5. The molecule has 3 rings (SSSR count).